The summed E-state index contributed by atoms with van der Waals surface area (Å²) in [5.74, 6) is 0.827. The predicted molar refractivity (Wildman–Crippen MR) is 103 cm³/mol. The molecule has 0 aliphatic carbocycles. The number of aryl methyl sites for hydroxylation is 1. The fourth-order valence-electron chi connectivity index (χ4n) is 3.27. The highest BCUT2D eigenvalue weighted by Gasteiger charge is 2.23. The van der Waals surface area contributed by atoms with Crippen molar-refractivity contribution < 1.29 is 9.90 Å². The Kier molecular flexibility index (Phi) is 5.74. The van der Waals surface area contributed by atoms with Crippen LogP contribution in [0.1, 0.15) is 18.2 Å². The molecule has 1 aliphatic rings. The van der Waals surface area contributed by atoms with Crippen molar-refractivity contribution >= 4 is 23.4 Å². The third kappa shape index (κ3) is 4.14. The number of aromatic nitrogens is 2. The van der Waals surface area contributed by atoms with Crippen molar-refractivity contribution in [3.05, 3.63) is 40.5 Å². The molecule has 26 heavy (non-hydrogen) atoms. The predicted octanol–water partition coefficient (Wildman–Crippen LogP) is 2.87. The molecule has 0 saturated carbocycles. The third-order valence-corrected chi connectivity index (χ3v) is 4.90. The van der Waals surface area contributed by atoms with Crippen LogP contribution in [-0.4, -0.2) is 58.7 Å². The van der Waals surface area contributed by atoms with Crippen LogP contribution in [0.3, 0.4) is 0 Å². The lowest BCUT2D eigenvalue weighted by molar-refractivity contribution is -0.138. The molecular weight excluding hydrogens is 352 g/mol. The highest BCUT2D eigenvalue weighted by Crippen LogP contribution is 2.27. The van der Waals surface area contributed by atoms with Gasteiger partial charge >= 0.3 is 5.97 Å². The molecular formula is C19H23ClN4O2. The van der Waals surface area contributed by atoms with E-state index in [1.54, 1.807) is 0 Å². The molecule has 0 amide bonds. The van der Waals surface area contributed by atoms with Gasteiger partial charge in [0.05, 0.1) is 6.54 Å². The second kappa shape index (κ2) is 8.01. The number of benzene rings is 1. The number of hydrogen-bond donors (Lipinski definition) is 1. The Morgan fingerprint density at radius 3 is 2.58 bits per heavy atom. The van der Waals surface area contributed by atoms with Crippen molar-refractivity contribution in [2.75, 3.05) is 37.6 Å². The molecule has 6 nitrogen and oxygen atoms in total. The fourth-order valence-corrected chi connectivity index (χ4v) is 3.46. The van der Waals surface area contributed by atoms with Crippen LogP contribution in [0.15, 0.2) is 24.3 Å². The molecule has 2 aromatic rings. The van der Waals surface area contributed by atoms with E-state index in [0.29, 0.717) is 23.9 Å². The van der Waals surface area contributed by atoms with Gasteiger partial charge in [-0.05, 0) is 25.5 Å². The van der Waals surface area contributed by atoms with E-state index in [0.717, 1.165) is 42.1 Å². The number of nitrogens with zero attached hydrogens (tertiary/aromatic N) is 4. The molecule has 7 heteroatoms. The summed E-state index contributed by atoms with van der Waals surface area (Å²) in [5.41, 5.74) is 3.01. The van der Waals surface area contributed by atoms with E-state index in [1.807, 2.05) is 29.2 Å². The van der Waals surface area contributed by atoms with Gasteiger partial charge < -0.3 is 10.0 Å². The summed E-state index contributed by atoms with van der Waals surface area (Å²) in [5, 5.41) is 9.62. The van der Waals surface area contributed by atoms with E-state index in [9.17, 15) is 4.79 Å². The van der Waals surface area contributed by atoms with E-state index >= 15 is 0 Å². The van der Waals surface area contributed by atoms with E-state index in [1.165, 1.54) is 0 Å². The monoisotopic (exact) mass is 374 g/mol. The molecule has 0 unspecified atom stereocenters. The number of piperazine rings is 1. The van der Waals surface area contributed by atoms with Gasteiger partial charge in [-0.15, -0.1) is 0 Å². The molecule has 1 aliphatic heterocycles. The highest BCUT2D eigenvalue weighted by molar-refractivity contribution is 6.30. The topological polar surface area (TPSA) is 69.6 Å². The van der Waals surface area contributed by atoms with Crippen molar-refractivity contribution in [2.24, 2.45) is 0 Å². The first kappa shape index (κ1) is 18.6. The summed E-state index contributed by atoms with van der Waals surface area (Å²) >= 11 is 6.13. The molecule has 1 aromatic heterocycles. The van der Waals surface area contributed by atoms with Gasteiger partial charge in [-0.1, -0.05) is 30.7 Å². The van der Waals surface area contributed by atoms with Gasteiger partial charge in [0.15, 0.2) is 5.82 Å². The lowest BCUT2D eigenvalue weighted by Crippen LogP contribution is -2.48. The van der Waals surface area contributed by atoms with E-state index < -0.39 is 5.97 Å². The minimum atomic E-state index is -0.784. The first-order valence-corrected chi connectivity index (χ1v) is 9.18. The minimum absolute atomic E-state index is 0.0879. The van der Waals surface area contributed by atoms with Gasteiger partial charge in [-0.3, -0.25) is 9.69 Å². The number of aliphatic carboxylic acids is 1. The van der Waals surface area contributed by atoms with Crippen molar-refractivity contribution in [3.8, 4) is 11.4 Å². The van der Waals surface area contributed by atoms with Gasteiger partial charge in [-0.25, -0.2) is 9.97 Å². The summed E-state index contributed by atoms with van der Waals surface area (Å²) in [6.07, 6.45) is 0.827. The Hall–Kier alpha value is -2.18. The van der Waals surface area contributed by atoms with E-state index in [4.69, 9.17) is 26.7 Å². The quantitative estimate of drug-likeness (QED) is 0.867. The van der Waals surface area contributed by atoms with Crippen molar-refractivity contribution in [1.82, 2.24) is 14.9 Å². The summed E-state index contributed by atoms with van der Waals surface area (Å²) in [4.78, 5) is 24.6. The molecule has 0 spiro atoms. The molecule has 0 bridgehead atoms. The zero-order chi connectivity index (χ0) is 18.7. The Balaban J connectivity index is 1.89. The van der Waals surface area contributed by atoms with Gasteiger partial charge in [0.25, 0.3) is 0 Å². The van der Waals surface area contributed by atoms with Crippen LogP contribution in [0.5, 0.6) is 0 Å². The number of carboxylic acid groups (broad SMARTS) is 1. The average molecular weight is 375 g/mol. The van der Waals surface area contributed by atoms with Crippen LogP contribution < -0.4 is 4.90 Å². The van der Waals surface area contributed by atoms with Crippen molar-refractivity contribution in [2.45, 2.75) is 20.3 Å². The number of carboxylic acids is 1. The second-order valence-corrected chi connectivity index (χ2v) is 6.90. The Morgan fingerprint density at radius 1 is 1.23 bits per heavy atom. The van der Waals surface area contributed by atoms with Gasteiger partial charge in [-0.2, -0.15) is 0 Å². The normalized spacial score (nSPS) is 15.3. The first-order chi connectivity index (χ1) is 12.5. The Bertz CT molecular complexity index is 804. The summed E-state index contributed by atoms with van der Waals surface area (Å²) in [6, 6.07) is 7.57. The van der Waals surface area contributed by atoms with Gasteiger partial charge in [0.2, 0.25) is 0 Å². The van der Waals surface area contributed by atoms with Crippen molar-refractivity contribution in [1.29, 1.82) is 0 Å². The molecule has 138 valence electrons. The molecule has 1 saturated heterocycles. The SMILES string of the molecule is CCc1nc(-c2cccc(Cl)c2)nc(N2CCN(CC(=O)O)CC2)c1C. The average Bonchev–Trinajstić information content (AvgIpc) is 2.62. The maximum absolute atomic E-state index is 10.9. The van der Waals surface area contributed by atoms with Gasteiger partial charge in [0.1, 0.15) is 5.82 Å². The molecule has 1 fully saturated rings. The highest BCUT2D eigenvalue weighted by atomic mass is 35.5. The minimum Gasteiger partial charge on any atom is -0.480 e. The van der Waals surface area contributed by atoms with E-state index in [-0.39, 0.29) is 6.54 Å². The third-order valence-electron chi connectivity index (χ3n) is 4.67. The smallest absolute Gasteiger partial charge is 0.317 e. The van der Waals surface area contributed by atoms with Crippen molar-refractivity contribution in [3.63, 3.8) is 0 Å². The molecule has 3 rings (SSSR count). The van der Waals surface area contributed by atoms with E-state index in [2.05, 4.69) is 18.7 Å². The number of anilines is 1. The van der Waals surface area contributed by atoms with Crippen LogP contribution in [0.4, 0.5) is 5.82 Å². The van der Waals surface area contributed by atoms with Crippen LogP contribution in [-0.2, 0) is 11.2 Å². The molecule has 0 atom stereocenters. The van der Waals surface area contributed by atoms with Crippen LogP contribution in [0.2, 0.25) is 5.02 Å². The maximum Gasteiger partial charge on any atom is 0.317 e. The second-order valence-electron chi connectivity index (χ2n) is 6.46. The number of hydrogen-bond acceptors (Lipinski definition) is 5. The lowest BCUT2D eigenvalue weighted by atomic mass is 10.1. The standard InChI is InChI=1S/C19H23ClN4O2/c1-3-16-13(2)19(24-9-7-23(8-10-24)12-17(25)26)22-18(21-16)14-5-4-6-15(20)11-14/h4-6,11H,3,7-10,12H2,1-2H3,(H,25,26). The first-order valence-electron chi connectivity index (χ1n) is 8.80. The van der Waals surface area contributed by atoms with Crippen LogP contribution in [0.25, 0.3) is 11.4 Å². The maximum atomic E-state index is 10.9. The largest absolute Gasteiger partial charge is 0.480 e. The number of rotatable bonds is 5. The summed E-state index contributed by atoms with van der Waals surface area (Å²) < 4.78 is 0. The Morgan fingerprint density at radius 2 is 1.96 bits per heavy atom. The van der Waals surface area contributed by atoms with Crippen LogP contribution in [0, 0.1) is 6.92 Å². The van der Waals surface area contributed by atoms with Gasteiger partial charge in [0, 0.05) is 48.0 Å². The summed E-state index contributed by atoms with van der Waals surface area (Å²) in [7, 11) is 0. The fraction of sp³-hybridized carbons (Fsp3) is 0.421. The lowest BCUT2D eigenvalue weighted by Gasteiger charge is -2.35. The number of carbonyl (C=O) groups is 1. The Labute approximate surface area is 158 Å². The summed E-state index contributed by atoms with van der Waals surface area (Å²) in [6.45, 7) is 7.16. The molecule has 0 radical (unpaired) electrons. The van der Waals surface area contributed by atoms with Crippen LogP contribution >= 0.6 is 11.6 Å². The molecule has 1 aromatic carbocycles. The molecule has 2 heterocycles. The zero-order valence-electron chi connectivity index (χ0n) is 15.1. The number of halogens is 1. The molecule has 1 N–H and O–H groups in total. The zero-order valence-corrected chi connectivity index (χ0v) is 15.8.